The maximum absolute atomic E-state index is 9.29. The Hall–Kier alpha value is -0.790. The van der Waals surface area contributed by atoms with Crippen molar-refractivity contribution in [1.82, 2.24) is 0 Å². The normalized spacial score (nSPS) is 11.2. The lowest BCUT2D eigenvalue weighted by molar-refractivity contribution is 0.427. The second kappa shape index (κ2) is 2.45. The fraction of sp³-hybridized carbons (Fsp3) is 0.250. The summed E-state index contributed by atoms with van der Waals surface area (Å²) in [6, 6.07) is 0. The summed E-state index contributed by atoms with van der Waals surface area (Å²) in [5, 5.41) is 8.10. The molecule has 1 radical (unpaired) electrons. The van der Waals surface area contributed by atoms with Gasteiger partial charge >= 0.3 is 0 Å². The minimum absolute atomic E-state index is 0.338. The van der Waals surface area contributed by atoms with E-state index in [9.17, 15) is 4.79 Å². The van der Waals surface area contributed by atoms with Crippen LogP contribution in [0.15, 0.2) is 11.8 Å². The third kappa shape index (κ3) is 1.52. The molecule has 33 valence electrons. The lowest BCUT2D eigenvalue weighted by Crippen LogP contribution is -1.75. The van der Waals surface area contributed by atoms with Gasteiger partial charge in [0.2, 0.25) is 0 Å². The molecule has 0 aliphatic carbocycles. The van der Waals surface area contributed by atoms with Crippen LogP contribution in [0.25, 0.3) is 0 Å². The van der Waals surface area contributed by atoms with Crippen molar-refractivity contribution in [3.05, 3.63) is 11.8 Å². The number of rotatable bonds is 1. The van der Waals surface area contributed by atoms with Gasteiger partial charge in [-0.25, -0.2) is 0 Å². The molecule has 0 aliphatic rings. The van der Waals surface area contributed by atoms with Crippen molar-refractivity contribution < 1.29 is 9.90 Å². The molecule has 0 heterocycles. The smallest absolute Gasteiger partial charge is 0.270 e. The summed E-state index contributed by atoms with van der Waals surface area (Å²) < 4.78 is 0. The van der Waals surface area contributed by atoms with Gasteiger partial charge in [-0.05, 0) is 13.0 Å². The van der Waals surface area contributed by atoms with E-state index in [-0.39, 0.29) is 5.76 Å². The quantitative estimate of drug-likeness (QED) is 0.373. The molecule has 0 amide bonds. The number of aliphatic hydroxyl groups is 1. The Labute approximate surface area is 36.1 Å². The van der Waals surface area contributed by atoms with Crippen molar-refractivity contribution >= 4 is 6.29 Å². The van der Waals surface area contributed by atoms with Gasteiger partial charge in [-0.15, -0.1) is 0 Å². The first-order valence-electron chi connectivity index (χ1n) is 1.54. The van der Waals surface area contributed by atoms with Gasteiger partial charge < -0.3 is 5.11 Å². The lowest BCUT2D eigenvalue weighted by Gasteiger charge is -1.72. The van der Waals surface area contributed by atoms with Crippen LogP contribution in [0.3, 0.4) is 0 Å². The Bertz CT molecular complexity index is 73.6. The van der Waals surface area contributed by atoms with Crippen LogP contribution in [-0.4, -0.2) is 11.4 Å². The molecule has 0 aromatic heterocycles. The van der Waals surface area contributed by atoms with Gasteiger partial charge in [0.1, 0.15) is 0 Å². The van der Waals surface area contributed by atoms with E-state index in [1.165, 1.54) is 12.4 Å². The number of allylic oxidation sites excluding steroid dienone is 2. The topological polar surface area (TPSA) is 37.3 Å². The number of carbonyl (C=O) groups excluding carboxylic acids is 1. The molecule has 1 N–H and O–H groups in total. The van der Waals surface area contributed by atoms with Crippen LogP contribution in [0.2, 0.25) is 0 Å². The lowest BCUT2D eigenvalue weighted by atomic mass is 10.5. The van der Waals surface area contributed by atoms with Crippen molar-refractivity contribution in [1.29, 1.82) is 0 Å². The Morgan fingerprint density at radius 1 is 2.00 bits per heavy atom. The fourth-order valence-corrected chi connectivity index (χ4v) is 0.0589. The molecule has 6 heavy (non-hydrogen) atoms. The maximum atomic E-state index is 9.29. The highest BCUT2D eigenvalue weighted by molar-refractivity contribution is 5.69. The molecule has 0 aromatic carbocycles. The molecule has 0 fully saturated rings. The molecule has 0 unspecified atom stereocenters. The van der Waals surface area contributed by atoms with Gasteiger partial charge in [-0.2, -0.15) is 0 Å². The second-order valence-corrected chi connectivity index (χ2v) is 0.776. The van der Waals surface area contributed by atoms with E-state index in [1.807, 2.05) is 0 Å². The summed E-state index contributed by atoms with van der Waals surface area (Å²) in [5.41, 5.74) is 0. The van der Waals surface area contributed by atoms with Crippen molar-refractivity contribution in [3.63, 3.8) is 0 Å². The minimum atomic E-state index is -0.338. The first kappa shape index (κ1) is 5.21. The van der Waals surface area contributed by atoms with Gasteiger partial charge in [0, 0.05) is 0 Å². The second-order valence-electron chi connectivity index (χ2n) is 0.776. The summed E-state index contributed by atoms with van der Waals surface area (Å²) in [4.78, 5) is 9.29. The molecule has 0 aromatic rings. The monoisotopic (exact) mass is 85.0 g/mol. The van der Waals surface area contributed by atoms with Crippen molar-refractivity contribution in [3.8, 4) is 0 Å². The van der Waals surface area contributed by atoms with E-state index in [0.29, 0.717) is 0 Å². The highest BCUT2D eigenvalue weighted by atomic mass is 16.3. The highest BCUT2D eigenvalue weighted by Gasteiger charge is 1.78. The van der Waals surface area contributed by atoms with Crippen LogP contribution < -0.4 is 0 Å². The average molecular weight is 85.1 g/mol. The van der Waals surface area contributed by atoms with Crippen LogP contribution >= 0.6 is 0 Å². The van der Waals surface area contributed by atoms with Crippen molar-refractivity contribution in [2.75, 3.05) is 0 Å². The van der Waals surface area contributed by atoms with Crippen LogP contribution in [0.4, 0.5) is 0 Å². The Kier molecular flexibility index (Phi) is 2.13. The highest BCUT2D eigenvalue weighted by Crippen LogP contribution is 1.74. The molecular formula is C4H5O2. The first-order valence-corrected chi connectivity index (χ1v) is 1.54. The summed E-state index contributed by atoms with van der Waals surface area (Å²) in [7, 11) is 0. The number of hydrogen-bond donors (Lipinski definition) is 1. The summed E-state index contributed by atoms with van der Waals surface area (Å²) in [6.45, 7) is 1.56. The molecular weight excluding hydrogens is 80.0 g/mol. The molecule has 0 spiro atoms. The predicted molar refractivity (Wildman–Crippen MR) is 22.1 cm³/mol. The van der Waals surface area contributed by atoms with E-state index >= 15 is 0 Å². The molecule has 0 aliphatic heterocycles. The van der Waals surface area contributed by atoms with Gasteiger partial charge in [0.15, 0.2) is 5.76 Å². The van der Waals surface area contributed by atoms with Crippen molar-refractivity contribution in [2.45, 2.75) is 6.92 Å². The van der Waals surface area contributed by atoms with Gasteiger partial charge in [-0.3, -0.25) is 4.79 Å². The maximum Gasteiger partial charge on any atom is 0.270 e. The van der Waals surface area contributed by atoms with E-state index in [0.717, 1.165) is 0 Å². The Balaban J connectivity index is 3.50. The van der Waals surface area contributed by atoms with Crippen molar-refractivity contribution in [2.24, 2.45) is 0 Å². The zero-order valence-corrected chi connectivity index (χ0v) is 3.43. The number of aliphatic hydroxyl groups excluding tert-OH is 1. The van der Waals surface area contributed by atoms with Crippen LogP contribution in [0.1, 0.15) is 6.92 Å². The molecule has 2 nitrogen and oxygen atoms in total. The summed E-state index contributed by atoms with van der Waals surface area (Å²) in [6.07, 6.45) is 2.55. The SMILES string of the molecule is C/C=C(/O)[C]=O. The van der Waals surface area contributed by atoms with Crippen LogP contribution in [0, 0.1) is 0 Å². The zero-order chi connectivity index (χ0) is 4.99. The molecule has 0 bridgehead atoms. The van der Waals surface area contributed by atoms with Gasteiger partial charge in [0.05, 0.1) is 0 Å². The van der Waals surface area contributed by atoms with E-state index in [1.54, 1.807) is 6.92 Å². The molecule has 0 saturated carbocycles. The Morgan fingerprint density at radius 2 is 2.50 bits per heavy atom. The van der Waals surface area contributed by atoms with E-state index < -0.39 is 0 Å². The van der Waals surface area contributed by atoms with Gasteiger partial charge in [-0.1, -0.05) is 0 Å². The van der Waals surface area contributed by atoms with Crippen LogP contribution in [0.5, 0.6) is 0 Å². The third-order valence-corrected chi connectivity index (χ3v) is 0.378. The predicted octanol–water partition coefficient (Wildman–Crippen LogP) is 0.558. The third-order valence-electron chi connectivity index (χ3n) is 0.378. The van der Waals surface area contributed by atoms with E-state index in [4.69, 9.17) is 5.11 Å². The van der Waals surface area contributed by atoms with E-state index in [2.05, 4.69) is 0 Å². The van der Waals surface area contributed by atoms with Crippen LogP contribution in [-0.2, 0) is 4.79 Å². The molecule has 0 atom stereocenters. The zero-order valence-electron chi connectivity index (χ0n) is 3.43. The van der Waals surface area contributed by atoms with Gasteiger partial charge in [0.25, 0.3) is 6.29 Å². The fourth-order valence-electron chi connectivity index (χ4n) is 0.0589. The number of hydrogen-bond acceptors (Lipinski definition) is 2. The molecule has 0 saturated heterocycles. The first-order chi connectivity index (χ1) is 2.81. The summed E-state index contributed by atoms with van der Waals surface area (Å²) in [5.74, 6) is -0.338. The Morgan fingerprint density at radius 3 is 2.50 bits per heavy atom. The average Bonchev–Trinajstić information content (AvgIpc) is 1.65. The molecule has 0 rings (SSSR count). The minimum Gasteiger partial charge on any atom is -0.504 e. The largest absolute Gasteiger partial charge is 0.504 e. The summed E-state index contributed by atoms with van der Waals surface area (Å²) >= 11 is 0. The molecule has 2 heteroatoms. The standard InChI is InChI=1S/C4H5O2/c1-2-4(6)3-5/h2,6H,1H3/b4-2+.